The molecule has 3 rings (SSSR count). The van der Waals surface area contributed by atoms with E-state index in [4.69, 9.17) is 8.83 Å². The van der Waals surface area contributed by atoms with Crippen LogP contribution in [0.3, 0.4) is 0 Å². The fraction of sp³-hybridized carbons (Fsp3) is 0.238. The molecule has 6 nitrogen and oxygen atoms in total. The third kappa shape index (κ3) is 4.67. The van der Waals surface area contributed by atoms with E-state index in [1.165, 1.54) is 0 Å². The van der Waals surface area contributed by atoms with Gasteiger partial charge >= 0.3 is 0 Å². The van der Waals surface area contributed by atoms with Gasteiger partial charge in [-0.25, -0.2) is 0 Å². The molecule has 0 aliphatic rings. The van der Waals surface area contributed by atoms with Crippen LogP contribution in [0, 0.1) is 0 Å². The van der Waals surface area contributed by atoms with Gasteiger partial charge in [0.05, 0.1) is 0 Å². The maximum Gasteiger partial charge on any atom is 0.291 e. The van der Waals surface area contributed by atoms with Crippen molar-refractivity contribution >= 4 is 17.5 Å². The molecule has 0 unspecified atom stereocenters. The minimum atomic E-state index is -0.307. The SMILES string of the molecule is CCc1ccc(C(=O)NCc2cccc(NC(=O)c3ccc(CC)o3)c2)o1. The zero-order chi connectivity index (χ0) is 19.2. The second-order valence-electron chi connectivity index (χ2n) is 6.08. The second kappa shape index (κ2) is 8.40. The van der Waals surface area contributed by atoms with Gasteiger partial charge < -0.3 is 19.5 Å². The Kier molecular flexibility index (Phi) is 5.76. The zero-order valence-electron chi connectivity index (χ0n) is 15.4. The first-order chi connectivity index (χ1) is 13.1. The summed E-state index contributed by atoms with van der Waals surface area (Å²) in [6.45, 7) is 4.25. The summed E-state index contributed by atoms with van der Waals surface area (Å²) in [6.07, 6.45) is 1.47. The molecule has 0 radical (unpaired) electrons. The smallest absolute Gasteiger partial charge is 0.291 e. The van der Waals surface area contributed by atoms with Crippen molar-refractivity contribution in [2.24, 2.45) is 0 Å². The summed E-state index contributed by atoms with van der Waals surface area (Å²) in [5.74, 6) is 1.52. The Bertz CT molecular complexity index is 939. The number of carbonyl (C=O) groups is 2. The van der Waals surface area contributed by atoms with E-state index < -0.39 is 0 Å². The third-order valence-electron chi connectivity index (χ3n) is 4.11. The lowest BCUT2D eigenvalue weighted by Gasteiger charge is -2.07. The molecule has 0 saturated carbocycles. The van der Waals surface area contributed by atoms with Gasteiger partial charge in [0.15, 0.2) is 11.5 Å². The first kappa shape index (κ1) is 18.5. The zero-order valence-corrected chi connectivity index (χ0v) is 15.4. The van der Waals surface area contributed by atoms with Crippen LogP contribution in [0.4, 0.5) is 5.69 Å². The van der Waals surface area contributed by atoms with Crippen molar-refractivity contribution in [1.29, 1.82) is 0 Å². The molecule has 0 saturated heterocycles. The average molecular weight is 366 g/mol. The van der Waals surface area contributed by atoms with Crippen LogP contribution in [0.15, 0.2) is 57.4 Å². The van der Waals surface area contributed by atoms with E-state index >= 15 is 0 Å². The summed E-state index contributed by atoms with van der Waals surface area (Å²) < 4.78 is 10.9. The topological polar surface area (TPSA) is 84.5 Å². The fourth-order valence-corrected chi connectivity index (χ4v) is 2.60. The molecule has 2 amide bonds. The lowest BCUT2D eigenvalue weighted by Crippen LogP contribution is -2.22. The summed E-state index contributed by atoms with van der Waals surface area (Å²) in [4.78, 5) is 24.4. The van der Waals surface area contributed by atoms with Crippen molar-refractivity contribution in [3.63, 3.8) is 0 Å². The average Bonchev–Trinajstić information content (AvgIpc) is 3.35. The Balaban J connectivity index is 1.59. The Morgan fingerprint density at radius 1 is 0.852 bits per heavy atom. The van der Waals surface area contributed by atoms with Crippen LogP contribution in [0.5, 0.6) is 0 Å². The van der Waals surface area contributed by atoms with E-state index in [2.05, 4.69) is 10.6 Å². The maximum atomic E-state index is 12.2. The van der Waals surface area contributed by atoms with E-state index in [0.29, 0.717) is 18.0 Å². The normalized spacial score (nSPS) is 10.6. The quantitative estimate of drug-likeness (QED) is 0.657. The van der Waals surface area contributed by atoms with E-state index in [1.54, 1.807) is 30.3 Å². The molecule has 0 atom stereocenters. The van der Waals surface area contributed by atoms with Gasteiger partial charge in [-0.05, 0) is 42.0 Å². The highest BCUT2D eigenvalue weighted by atomic mass is 16.4. The monoisotopic (exact) mass is 366 g/mol. The second-order valence-corrected chi connectivity index (χ2v) is 6.08. The van der Waals surface area contributed by atoms with Crippen molar-refractivity contribution in [2.45, 2.75) is 33.2 Å². The van der Waals surface area contributed by atoms with Gasteiger partial charge in [0.1, 0.15) is 11.5 Å². The fourth-order valence-electron chi connectivity index (χ4n) is 2.60. The Morgan fingerprint density at radius 2 is 1.48 bits per heavy atom. The van der Waals surface area contributed by atoms with Crippen LogP contribution in [-0.4, -0.2) is 11.8 Å². The largest absolute Gasteiger partial charge is 0.456 e. The highest BCUT2D eigenvalue weighted by Gasteiger charge is 2.12. The number of carbonyl (C=O) groups excluding carboxylic acids is 2. The molecule has 1 aromatic carbocycles. The van der Waals surface area contributed by atoms with Crippen molar-refractivity contribution in [3.8, 4) is 0 Å². The number of amides is 2. The predicted octanol–water partition coefficient (Wildman–Crippen LogP) is 4.18. The van der Waals surface area contributed by atoms with Gasteiger partial charge in [-0.2, -0.15) is 0 Å². The number of anilines is 1. The molecule has 2 heterocycles. The Hall–Kier alpha value is -3.28. The maximum absolute atomic E-state index is 12.2. The van der Waals surface area contributed by atoms with E-state index in [1.807, 2.05) is 32.0 Å². The van der Waals surface area contributed by atoms with E-state index in [-0.39, 0.29) is 17.6 Å². The molecule has 0 aliphatic heterocycles. The summed E-state index contributed by atoms with van der Waals surface area (Å²) >= 11 is 0. The van der Waals surface area contributed by atoms with Gasteiger partial charge in [0.2, 0.25) is 0 Å². The number of hydrogen-bond acceptors (Lipinski definition) is 4. The number of benzene rings is 1. The van der Waals surface area contributed by atoms with Crippen LogP contribution in [-0.2, 0) is 19.4 Å². The Morgan fingerprint density at radius 3 is 2.07 bits per heavy atom. The molecule has 2 N–H and O–H groups in total. The van der Waals surface area contributed by atoms with Gasteiger partial charge in [0, 0.05) is 25.1 Å². The number of nitrogens with one attached hydrogen (secondary N) is 2. The first-order valence-electron chi connectivity index (χ1n) is 8.95. The molecule has 140 valence electrons. The number of hydrogen-bond donors (Lipinski definition) is 2. The van der Waals surface area contributed by atoms with Crippen LogP contribution in [0.1, 0.15) is 52.0 Å². The lowest BCUT2D eigenvalue weighted by molar-refractivity contribution is 0.0920. The van der Waals surface area contributed by atoms with Crippen molar-refractivity contribution < 1.29 is 18.4 Å². The van der Waals surface area contributed by atoms with Gasteiger partial charge in [-0.15, -0.1) is 0 Å². The third-order valence-corrected chi connectivity index (χ3v) is 4.11. The standard InChI is InChI=1S/C21H22N2O4/c1-3-16-8-10-18(26-16)20(24)22-13-14-6-5-7-15(12-14)23-21(25)19-11-9-17(4-2)27-19/h5-12H,3-4,13H2,1-2H3,(H,22,24)(H,23,25). The molecule has 27 heavy (non-hydrogen) atoms. The first-order valence-corrected chi connectivity index (χ1v) is 8.95. The highest BCUT2D eigenvalue weighted by molar-refractivity contribution is 6.02. The molecule has 0 bridgehead atoms. The van der Waals surface area contributed by atoms with Crippen molar-refractivity contribution in [2.75, 3.05) is 5.32 Å². The predicted molar refractivity (Wildman–Crippen MR) is 102 cm³/mol. The van der Waals surface area contributed by atoms with Crippen LogP contribution in [0.25, 0.3) is 0 Å². The number of rotatable bonds is 7. The minimum absolute atomic E-state index is 0.271. The van der Waals surface area contributed by atoms with Gasteiger partial charge in [0.25, 0.3) is 11.8 Å². The van der Waals surface area contributed by atoms with Crippen molar-refractivity contribution in [3.05, 3.63) is 77.1 Å². The molecular formula is C21H22N2O4. The molecule has 0 fully saturated rings. The summed E-state index contributed by atoms with van der Waals surface area (Å²) in [6, 6.07) is 14.2. The highest BCUT2D eigenvalue weighted by Crippen LogP contribution is 2.15. The van der Waals surface area contributed by atoms with Gasteiger partial charge in [-0.1, -0.05) is 26.0 Å². The number of furan rings is 2. The minimum Gasteiger partial charge on any atom is -0.456 e. The van der Waals surface area contributed by atoms with Crippen molar-refractivity contribution in [1.82, 2.24) is 5.32 Å². The molecular weight excluding hydrogens is 344 g/mol. The number of aryl methyl sites for hydroxylation is 2. The van der Waals surface area contributed by atoms with E-state index in [0.717, 1.165) is 29.9 Å². The lowest BCUT2D eigenvalue weighted by atomic mass is 10.2. The molecule has 6 heteroatoms. The van der Waals surface area contributed by atoms with E-state index in [9.17, 15) is 9.59 Å². The van der Waals surface area contributed by atoms with Crippen LogP contribution in [0.2, 0.25) is 0 Å². The molecule has 0 spiro atoms. The van der Waals surface area contributed by atoms with Crippen LogP contribution >= 0.6 is 0 Å². The molecule has 0 aliphatic carbocycles. The summed E-state index contributed by atoms with van der Waals surface area (Å²) in [5.41, 5.74) is 1.49. The molecule has 2 aromatic heterocycles. The van der Waals surface area contributed by atoms with Crippen LogP contribution < -0.4 is 10.6 Å². The Labute approximate surface area is 157 Å². The summed E-state index contributed by atoms with van der Waals surface area (Å²) in [7, 11) is 0. The van der Waals surface area contributed by atoms with Gasteiger partial charge in [-0.3, -0.25) is 9.59 Å². The summed E-state index contributed by atoms with van der Waals surface area (Å²) in [5, 5.41) is 5.61. The molecule has 3 aromatic rings.